The quantitative estimate of drug-likeness (QED) is 0.605. The van der Waals surface area contributed by atoms with E-state index in [0.29, 0.717) is 0 Å². The topological polar surface area (TPSA) is 9.23 Å². The van der Waals surface area contributed by atoms with Gasteiger partial charge < -0.3 is 4.74 Å². The lowest BCUT2D eigenvalue weighted by Crippen LogP contribution is -2.34. The number of allylic oxidation sites excluding steroid dienone is 1. The zero-order chi connectivity index (χ0) is 9.90. The van der Waals surface area contributed by atoms with Crippen molar-refractivity contribution in [2.24, 2.45) is 0 Å². The van der Waals surface area contributed by atoms with Crippen molar-refractivity contribution in [1.82, 2.24) is 0 Å². The van der Waals surface area contributed by atoms with Gasteiger partial charge in [0.1, 0.15) is 0 Å². The van der Waals surface area contributed by atoms with Crippen LogP contribution in [-0.4, -0.2) is 12.7 Å². The first-order chi connectivity index (χ1) is 6.13. The fraction of sp³-hybridized carbons (Fsp3) is 0.833. The van der Waals surface area contributed by atoms with Crippen LogP contribution >= 0.6 is 0 Å². The molecule has 1 nitrogen and oxygen atoms in total. The van der Waals surface area contributed by atoms with Crippen molar-refractivity contribution in [2.75, 3.05) is 7.11 Å². The van der Waals surface area contributed by atoms with Crippen molar-refractivity contribution in [3.05, 3.63) is 11.1 Å². The number of methoxy groups -OCH3 is 1. The lowest BCUT2D eigenvalue weighted by Gasteiger charge is -2.37. The second-order valence-corrected chi connectivity index (χ2v) is 4.37. The maximum Gasteiger partial charge on any atom is 0.0718 e. The van der Waals surface area contributed by atoms with Crippen molar-refractivity contribution in [3.63, 3.8) is 0 Å². The molecule has 0 heterocycles. The molecule has 76 valence electrons. The molecule has 1 unspecified atom stereocenters. The van der Waals surface area contributed by atoms with Crippen LogP contribution in [0.4, 0.5) is 0 Å². The van der Waals surface area contributed by atoms with Crippen LogP contribution in [0.15, 0.2) is 11.1 Å². The molecule has 0 fully saturated rings. The molecule has 0 aliphatic heterocycles. The van der Waals surface area contributed by atoms with Gasteiger partial charge in [-0.2, -0.15) is 0 Å². The molecule has 0 bridgehead atoms. The van der Waals surface area contributed by atoms with Crippen LogP contribution in [0.3, 0.4) is 0 Å². The highest BCUT2D eigenvalue weighted by molar-refractivity contribution is 5.17. The molecular weight excluding hydrogens is 160 g/mol. The molecule has 0 aromatic carbocycles. The van der Waals surface area contributed by atoms with Crippen LogP contribution in [0.25, 0.3) is 0 Å². The molecular formula is C12H22O. The summed E-state index contributed by atoms with van der Waals surface area (Å²) < 4.78 is 5.70. The number of ether oxygens (including phenoxy) is 1. The van der Waals surface area contributed by atoms with Gasteiger partial charge in [0.2, 0.25) is 0 Å². The standard InChI is InChI=1S/C12H22O/c1-5-7-12(13-4)8-6-10(2)11(3)9-12/h5-9H2,1-4H3. The Kier molecular flexibility index (Phi) is 3.55. The van der Waals surface area contributed by atoms with Gasteiger partial charge in [-0.3, -0.25) is 0 Å². The summed E-state index contributed by atoms with van der Waals surface area (Å²) in [6.45, 7) is 6.74. The molecule has 0 N–H and O–H groups in total. The zero-order valence-electron chi connectivity index (χ0n) is 9.44. The van der Waals surface area contributed by atoms with Gasteiger partial charge in [0.05, 0.1) is 5.60 Å². The molecule has 0 saturated carbocycles. The van der Waals surface area contributed by atoms with E-state index in [1.54, 1.807) is 11.1 Å². The molecule has 1 aliphatic carbocycles. The van der Waals surface area contributed by atoms with E-state index in [1.165, 1.54) is 25.7 Å². The minimum Gasteiger partial charge on any atom is -0.378 e. The van der Waals surface area contributed by atoms with E-state index in [1.807, 2.05) is 7.11 Å². The minimum atomic E-state index is 0.165. The second-order valence-electron chi connectivity index (χ2n) is 4.37. The lowest BCUT2D eigenvalue weighted by atomic mass is 9.79. The van der Waals surface area contributed by atoms with Crippen molar-refractivity contribution in [3.8, 4) is 0 Å². The van der Waals surface area contributed by atoms with Crippen LogP contribution in [-0.2, 0) is 4.74 Å². The van der Waals surface area contributed by atoms with Crippen molar-refractivity contribution >= 4 is 0 Å². The summed E-state index contributed by atoms with van der Waals surface area (Å²) in [5.41, 5.74) is 3.28. The molecule has 13 heavy (non-hydrogen) atoms. The van der Waals surface area contributed by atoms with E-state index in [9.17, 15) is 0 Å². The maximum absolute atomic E-state index is 5.70. The van der Waals surface area contributed by atoms with Gasteiger partial charge in [-0.05, 0) is 39.5 Å². The van der Waals surface area contributed by atoms with E-state index in [4.69, 9.17) is 4.74 Å². The van der Waals surface area contributed by atoms with Gasteiger partial charge in [-0.15, -0.1) is 0 Å². The number of hydrogen-bond donors (Lipinski definition) is 0. The Balaban J connectivity index is 2.71. The van der Waals surface area contributed by atoms with Crippen LogP contribution < -0.4 is 0 Å². The molecule has 0 spiro atoms. The number of rotatable bonds is 3. The maximum atomic E-state index is 5.70. The smallest absolute Gasteiger partial charge is 0.0718 e. The Morgan fingerprint density at radius 3 is 2.46 bits per heavy atom. The molecule has 0 saturated heterocycles. The Morgan fingerprint density at radius 1 is 1.31 bits per heavy atom. The van der Waals surface area contributed by atoms with E-state index in [2.05, 4.69) is 20.8 Å². The van der Waals surface area contributed by atoms with Crippen LogP contribution in [0, 0.1) is 0 Å². The van der Waals surface area contributed by atoms with Gasteiger partial charge in [0.15, 0.2) is 0 Å². The average Bonchev–Trinajstić information content (AvgIpc) is 2.12. The highest BCUT2D eigenvalue weighted by atomic mass is 16.5. The molecule has 0 radical (unpaired) electrons. The molecule has 1 atom stereocenters. The summed E-state index contributed by atoms with van der Waals surface area (Å²) in [5.74, 6) is 0. The average molecular weight is 182 g/mol. The van der Waals surface area contributed by atoms with Crippen molar-refractivity contribution < 1.29 is 4.74 Å². The van der Waals surface area contributed by atoms with Gasteiger partial charge in [0, 0.05) is 7.11 Å². The summed E-state index contributed by atoms with van der Waals surface area (Å²) in [5, 5.41) is 0. The third-order valence-electron chi connectivity index (χ3n) is 3.41. The van der Waals surface area contributed by atoms with Crippen molar-refractivity contribution in [2.45, 2.75) is 58.5 Å². The summed E-state index contributed by atoms with van der Waals surface area (Å²) in [4.78, 5) is 0. The first kappa shape index (κ1) is 10.8. The predicted octanol–water partition coefficient (Wildman–Crippen LogP) is 3.69. The predicted molar refractivity (Wildman–Crippen MR) is 56.9 cm³/mol. The third kappa shape index (κ3) is 2.34. The molecule has 0 aromatic rings. The second kappa shape index (κ2) is 4.28. The van der Waals surface area contributed by atoms with Crippen LogP contribution in [0.5, 0.6) is 0 Å². The van der Waals surface area contributed by atoms with Gasteiger partial charge in [-0.1, -0.05) is 24.5 Å². The van der Waals surface area contributed by atoms with Gasteiger partial charge in [-0.25, -0.2) is 0 Å². The highest BCUT2D eigenvalue weighted by Crippen LogP contribution is 2.37. The van der Waals surface area contributed by atoms with Gasteiger partial charge >= 0.3 is 0 Å². The van der Waals surface area contributed by atoms with E-state index in [-0.39, 0.29) is 5.60 Å². The Bertz CT molecular complexity index is 205. The molecule has 1 rings (SSSR count). The van der Waals surface area contributed by atoms with E-state index < -0.39 is 0 Å². The Morgan fingerprint density at radius 2 is 2.00 bits per heavy atom. The monoisotopic (exact) mass is 182 g/mol. The lowest BCUT2D eigenvalue weighted by molar-refractivity contribution is -0.0284. The van der Waals surface area contributed by atoms with Crippen molar-refractivity contribution in [1.29, 1.82) is 0 Å². The fourth-order valence-corrected chi connectivity index (χ4v) is 2.30. The summed E-state index contributed by atoms with van der Waals surface area (Å²) >= 11 is 0. The van der Waals surface area contributed by atoms with Gasteiger partial charge in [0.25, 0.3) is 0 Å². The fourth-order valence-electron chi connectivity index (χ4n) is 2.30. The number of hydrogen-bond acceptors (Lipinski definition) is 1. The van der Waals surface area contributed by atoms with Crippen LogP contribution in [0.1, 0.15) is 52.9 Å². The Hall–Kier alpha value is -0.300. The minimum absolute atomic E-state index is 0.165. The van der Waals surface area contributed by atoms with Crippen LogP contribution in [0.2, 0.25) is 0 Å². The summed E-state index contributed by atoms with van der Waals surface area (Å²) in [7, 11) is 1.86. The third-order valence-corrected chi connectivity index (χ3v) is 3.41. The molecule has 0 aromatic heterocycles. The largest absolute Gasteiger partial charge is 0.378 e. The van der Waals surface area contributed by atoms with E-state index in [0.717, 1.165) is 6.42 Å². The van der Waals surface area contributed by atoms with E-state index >= 15 is 0 Å². The zero-order valence-corrected chi connectivity index (χ0v) is 9.44. The normalized spacial score (nSPS) is 29.5. The first-order valence-corrected chi connectivity index (χ1v) is 5.34. The Labute approximate surface area is 82.2 Å². The highest BCUT2D eigenvalue weighted by Gasteiger charge is 2.32. The SMILES string of the molecule is CCCC1(OC)CCC(C)=C(C)C1. The first-order valence-electron chi connectivity index (χ1n) is 5.34. The molecule has 1 aliphatic rings. The summed E-state index contributed by atoms with van der Waals surface area (Å²) in [6, 6.07) is 0. The molecule has 0 amide bonds. The summed E-state index contributed by atoms with van der Waals surface area (Å²) in [6.07, 6.45) is 6.00. The molecule has 1 heteroatoms.